The van der Waals surface area contributed by atoms with E-state index in [2.05, 4.69) is 41.8 Å². The highest BCUT2D eigenvalue weighted by molar-refractivity contribution is 9.11. The van der Waals surface area contributed by atoms with Crippen molar-refractivity contribution in [2.24, 2.45) is 0 Å². The Kier molecular flexibility index (Phi) is 3.51. The van der Waals surface area contributed by atoms with Gasteiger partial charge in [0.05, 0.1) is 16.2 Å². The van der Waals surface area contributed by atoms with Gasteiger partial charge in [0.2, 0.25) is 0 Å². The van der Waals surface area contributed by atoms with Gasteiger partial charge in [-0.25, -0.2) is 4.98 Å². The third-order valence-electron chi connectivity index (χ3n) is 2.64. The van der Waals surface area contributed by atoms with E-state index in [9.17, 15) is 0 Å². The summed E-state index contributed by atoms with van der Waals surface area (Å²) in [5, 5.41) is 0.575. The number of benzene rings is 1. The quantitative estimate of drug-likeness (QED) is 0.546. The molecule has 0 atom stereocenters. The summed E-state index contributed by atoms with van der Waals surface area (Å²) in [7, 11) is 0. The monoisotopic (exact) mass is 417 g/mol. The fourth-order valence-corrected chi connectivity index (χ4v) is 3.53. The third-order valence-corrected chi connectivity index (χ3v) is 4.26. The summed E-state index contributed by atoms with van der Waals surface area (Å²) < 4.78 is 4.37. The molecule has 0 aliphatic rings. The van der Waals surface area contributed by atoms with Crippen molar-refractivity contribution in [3.63, 3.8) is 0 Å². The molecule has 7 heteroatoms. The summed E-state index contributed by atoms with van der Waals surface area (Å²) in [5.41, 5.74) is 2.49. The zero-order chi connectivity index (χ0) is 13.6. The first-order valence-corrected chi connectivity index (χ1v) is 7.65. The predicted octanol–water partition coefficient (Wildman–Crippen LogP) is 5.26. The van der Waals surface area contributed by atoms with E-state index in [1.807, 2.05) is 28.8 Å². The maximum atomic E-state index is 5.94. The SMILES string of the molecule is S=c1[nH]c2cc(Cl)cnc2n1-c1ccc(Br)cc1Br. The van der Waals surface area contributed by atoms with E-state index in [4.69, 9.17) is 23.8 Å². The Morgan fingerprint density at radius 3 is 2.79 bits per heavy atom. The molecule has 0 spiro atoms. The number of imidazole rings is 1. The Morgan fingerprint density at radius 2 is 2.05 bits per heavy atom. The minimum Gasteiger partial charge on any atom is -0.329 e. The number of H-pyrrole nitrogens is 1. The molecule has 2 aromatic heterocycles. The molecule has 3 rings (SSSR count). The number of nitrogens with one attached hydrogen (secondary N) is 1. The highest BCUT2D eigenvalue weighted by Crippen LogP contribution is 2.28. The van der Waals surface area contributed by atoms with E-state index in [0.717, 1.165) is 25.8 Å². The summed E-state index contributed by atoms with van der Waals surface area (Å²) in [6.45, 7) is 0. The molecule has 0 aliphatic heterocycles. The molecule has 3 aromatic rings. The molecule has 0 saturated carbocycles. The topological polar surface area (TPSA) is 33.6 Å². The minimum absolute atomic E-state index is 0.575. The van der Waals surface area contributed by atoms with Crippen molar-refractivity contribution in [2.45, 2.75) is 0 Å². The summed E-state index contributed by atoms with van der Waals surface area (Å²) in [5.74, 6) is 0. The van der Waals surface area contributed by atoms with Gasteiger partial charge in [-0.15, -0.1) is 0 Å². The fourth-order valence-electron chi connectivity index (χ4n) is 1.86. The standard InChI is InChI=1S/C12H6Br2ClN3S/c13-6-1-2-10(8(14)3-6)18-11-9(17-12(18)19)4-7(15)5-16-11/h1-5H,(H,17,19). The van der Waals surface area contributed by atoms with E-state index in [0.29, 0.717) is 9.79 Å². The summed E-state index contributed by atoms with van der Waals surface area (Å²) in [6, 6.07) is 7.69. The van der Waals surface area contributed by atoms with Crippen molar-refractivity contribution in [2.75, 3.05) is 0 Å². The van der Waals surface area contributed by atoms with E-state index in [1.165, 1.54) is 0 Å². The molecule has 0 saturated heterocycles. The number of aromatic amines is 1. The summed E-state index contributed by atoms with van der Waals surface area (Å²) in [4.78, 5) is 7.45. The maximum absolute atomic E-state index is 5.94. The predicted molar refractivity (Wildman–Crippen MR) is 86.7 cm³/mol. The van der Waals surface area contributed by atoms with Crippen LogP contribution < -0.4 is 0 Å². The number of hydrogen-bond donors (Lipinski definition) is 1. The van der Waals surface area contributed by atoms with E-state index < -0.39 is 0 Å². The molecule has 0 fully saturated rings. The molecular formula is C12H6Br2ClN3S. The lowest BCUT2D eigenvalue weighted by Gasteiger charge is -2.07. The van der Waals surface area contributed by atoms with Crippen LogP contribution in [0.1, 0.15) is 0 Å². The Morgan fingerprint density at radius 1 is 1.26 bits per heavy atom. The Labute approximate surface area is 135 Å². The number of pyridine rings is 1. The Hall–Kier alpha value is -0.690. The molecule has 3 nitrogen and oxygen atoms in total. The van der Waals surface area contributed by atoms with Gasteiger partial charge < -0.3 is 4.98 Å². The molecule has 0 bridgehead atoms. The summed E-state index contributed by atoms with van der Waals surface area (Å²) in [6.07, 6.45) is 1.61. The van der Waals surface area contributed by atoms with E-state index >= 15 is 0 Å². The van der Waals surface area contributed by atoms with E-state index in [-0.39, 0.29) is 0 Å². The molecule has 0 amide bonds. The van der Waals surface area contributed by atoms with Crippen LogP contribution in [0.15, 0.2) is 39.4 Å². The molecular weight excluding hydrogens is 413 g/mol. The van der Waals surface area contributed by atoms with Crippen LogP contribution in [0.2, 0.25) is 5.02 Å². The van der Waals surface area contributed by atoms with Crippen molar-refractivity contribution < 1.29 is 0 Å². The lowest BCUT2D eigenvalue weighted by molar-refractivity contribution is 1.04. The van der Waals surface area contributed by atoms with Crippen molar-refractivity contribution in [1.82, 2.24) is 14.5 Å². The van der Waals surface area contributed by atoms with Crippen molar-refractivity contribution in [3.8, 4) is 5.69 Å². The smallest absolute Gasteiger partial charge is 0.184 e. The molecule has 1 N–H and O–H groups in total. The average Bonchev–Trinajstić information content (AvgIpc) is 2.65. The van der Waals surface area contributed by atoms with Gasteiger partial charge >= 0.3 is 0 Å². The number of nitrogens with zero attached hydrogens (tertiary/aromatic N) is 2. The van der Waals surface area contributed by atoms with Crippen molar-refractivity contribution >= 4 is 66.8 Å². The van der Waals surface area contributed by atoms with Crippen LogP contribution >= 0.6 is 55.7 Å². The molecule has 0 aliphatic carbocycles. The van der Waals surface area contributed by atoms with Crippen LogP contribution in [-0.4, -0.2) is 14.5 Å². The number of fused-ring (bicyclic) bond motifs is 1. The highest BCUT2D eigenvalue weighted by atomic mass is 79.9. The zero-order valence-corrected chi connectivity index (χ0v) is 14.1. The largest absolute Gasteiger partial charge is 0.329 e. The van der Waals surface area contributed by atoms with Gasteiger partial charge in [0, 0.05) is 15.1 Å². The Bertz CT molecular complexity index is 841. The zero-order valence-electron chi connectivity index (χ0n) is 9.32. The second kappa shape index (κ2) is 5.01. The first-order valence-electron chi connectivity index (χ1n) is 5.28. The normalized spacial score (nSPS) is 11.1. The van der Waals surface area contributed by atoms with Gasteiger partial charge in [-0.3, -0.25) is 4.57 Å². The highest BCUT2D eigenvalue weighted by Gasteiger charge is 2.11. The number of rotatable bonds is 1. The van der Waals surface area contributed by atoms with Gasteiger partial charge in [0.15, 0.2) is 10.4 Å². The van der Waals surface area contributed by atoms with Gasteiger partial charge in [-0.1, -0.05) is 27.5 Å². The third kappa shape index (κ3) is 2.38. The van der Waals surface area contributed by atoms with Gasteiger partial charge in [-0.05, 0) is 52.4 Å². The van der Waals surface area contributed by atoms with Gasteiger partial charge in [0.25, 0.3) is 0 Å². The van der Waals surface area contributed by atoms with Crippen LogP contribution in [0.4, 0.5) is 0 Å². The van der Waals surface area contributed by atoms with Gasteiger partial charge in [0.1, 0.15) is 0 Å². The maximum Gasteiger partial charge on any atom is 0.184 e. The van der Waals surface area contributed by atoms with Crippen molar-refractivity contribution in [1.29, 1.82) is 0 Å². The lowest BCUT2D eigenvalue weighted by Crippen LogP contribution is -1.96. The fraction of sp³-hybridized carbons (Fsp3) is 0. The molecule has 1 aromatic carbocycles. The first-order chi connectivity index (χ1) is 9.06. The van der Waals surface area contributed by atoms with Crippen LogP contribution in [-0.2, 0) is 0 Å². The van der Waals surface area contributed by atoms with Crippen LogP contribution in [0, 0.1) is 4.77 Å². The minimum atomic E-state index is 0.575. The Balaban J connectivity index is 2.36. The lowest BCUT2D eigenvalue weighted by atomic mass is 10.3. The van der Waals surface area contributed by atoms with Crippen LogP contribution in [0.5, 0.6) is 0 Å². The molecule has 19 heavy (non-hydrogen) atoms. The molecule has 0 radical (unpaired) electrons. The second-order valence-corrected chi connectivity index (χ2v) is 6.48. The van der Waals surface area contributed by atoms with Crippen LogP contribution in [0.25, 0.3) is 16.9 Å². The van der Waals surface area contributed by atoms with Crippen LogP contribution in [0.3, 0.4) is 0 Å². The number of aromatic nitrogens is 3. The number of hydrogen-bond acceptors (Lipinski definition) is 2. The summed E-state index contributed by atoms with van der Waals surface area (Å²) >= 11 is 18.3. The van der Waals surface area contributed by atoms with Crippen molar-refractivity contribution in [3.05, 3.63) is 49.2 Å². The molecule has 2 heterocycles. The van der Waals surface area contributed by atoms with E-state index in [1.54, 1.807) is 6.20 Å². The first kappa shape index (κ1) is 13.3. The second-order valence-electron chi connectivity index (χ2n) is 3.89. The number of halogens is 3. The van der Waals surface area contributed by atoms with Gasteiger partial charge in [-0.2, -0.15) is 0 Å². The molecule has 96 valence electrons. The molecule has 0 unspecified atom stereocenters. The average molecular weight is 420 g/mol.